The summed E-state index contributed by atoms with van der Waals surface area (Å²) in [5.41, 5.74) is 5.65. The number of hydrogen-bond donors (Lipinski definition) is 1. The number of nitrogens with zero attached hydrogens (tertiary/aromatic N) is 5. The van der Waals surface area contributed by atoms with E-state index in [2.05, 4.69) is 21.0 Å². The van der Waals surface area contributed by atoms with E-state index in [0.717, 1.165) is 42.6 Å². The van der Waals surface area contributed by atoms with Crippen molar-refractivity contribution in [1.29, 1.82) is 5.26 Å². The first-order valence-corrected chi connectivity index (χ1v) is 9.19. The SMILES string of the molecule is N#Cc1ccc(COc2cc(-c3cncc(CO)n3)c3c(n2)CCCC3)nc1. The van der Waals surface area contributed by atoms with Crippen molar-refractivity contribution >= 4 is 0 Å². The van der Waals surface area contributed by atoms with E-state index >= 15 is 0 Å². The first-order chi connectivity index (χ1) is 13.8. The number of hydrogen-bond acceptors (Lipinski definition) is 7. The van der Waals surface area contributed by atoms with Gasteiger partial charge in [-0.2, -0.15) is 5.26 Å². The van der Waals surface area contributed by atoms with Crippen LogP contribution >= 0.6 is 0 Å². The van der Waals surface area contributed by atoms with Crippen molar-refractivity contribution in [3.8, 4) is 23.2 Å². The lowest BCUT2D eigenvalue weighted by atomic mass is 9.91. The second kappa shape index (κ2) is 8.11. The maximum absolute atomic E-state index is 9.38. The summed E-state index contributed by atoms with van der Waals surface area (Å²) in [5.74, 6) is 0.512. The number of nitriles is 1. The lowest BCUT2D eigenvalue weighted by Gasteiger charge is -2.20. The van der Waals surface area contributed by atoms with Crippen LogP contribution < -0.4 is 4.74 Å². The van der Waals surface area contributed by atoms with Crippen molar-refractivity contribution in [1.82, 2.24) is 19.9 Å². The van der Waals surface area contributed by atoms with E-state index in [1.165, 1.54) is 11.8 Å². The molecule has 3 aromatic rings. The van der Waals surface area contributed by atoms with Crippen LogP contribution in [0.25, 0.3) is 11.3 Å². The van der Waals surface area contributed by atoms with E-state index in [-0.39, 0.29) is 13.2 Å². The molecule has 4 rings (SSSR count). The second-order valence-electron chi connectivity index (χ2n) is 6.63. The van der Waals surface area contributed by atoms with E-state index in [9.17, 15) is 5.11 Å². The standard InChI is InChI=1S/C21H19N5O2/c22-8-14-5-6-15(24-9-14)13-28-21-7-18(17-3-1-2-4-19(17)26-21)20-11-23-10-16(12-27)25-20/h5-7,9-11,27H,1-4,12-13H2. The highest BCUT2D eigenvalue weighted by atomic mass is 16.5. The summed E-state index contributed by atoms with van der Waals surface area (Å²) in [4.78, 5) is 17.6. The quantitative estimate of drug-likeness (QED) is 0.733. The molecule has 1 aliphatic carbocycles. The predicted octanol–water partition coefficient (Wildman–Crippen LogP) is 2.76. The van der Waals surface area contributed by atoms with Crippen molar-refractivity contribution in [2.45, 2.75) is 38.9 Å². The van der Waals surface area contributed by atoms with Gasteiger partial charge >= 0.3 is 0 Å². The molecular weight excluding hydrogens is 354 g/mol. The lowest BCUT2D eigenvalue weighted by molar-refractivity contribution is 0.276. The molecule has 7 nitrogen and oxygen atoms in total. The van der Waals surface area contributed by atoms with E-state index in [4.69, 9.17) is 15.0 Å². The molecule has 140 valence electrons. The van der Waals surface area contributed by atoms with Gasteiger partial charge in [-0.05, 0) is 43.4 Å². The number of fused-ring (bicyclic) bond motifs is 1. The molecule has 3 heterocycles. The molecule has 28 heavy (non-hydrogen) atoms. The summed E-state index contributed by atoms with van der Waals surface area (Å²) < 4.78 is 5.90. The summed E-state index contributed by atoms with van der Waals surface area (Å²) >= 11 is 0. The Hall–Kier alpha value is -3.37. The number of rotatable bonds is 5. The van der Waals surface area contributed by atoms with Gasteiger partial charge < -0.3 is 9.84 Å². The molecule has 1 aliphatic rings. The van der Waals surface area contributed by atoms with Crippen LogP contribution in [0.15, 0.2) is 36.8 Å². The molecule has 0 bridgehead atoms. The van der Waals surface area contributed by atoms with Crippen molar-refractivity contribution in [3.63, 3.8) is 0 Å². The van der Waals surface area contributed by atoms with Gasteiger partial charge in [-0.15, -0.1) is 0 Å². The van der Waals surface area contributed by atoms with Gasteiger partial charge in [-0.25, -0.2) is 9.97 Å². The zero-order valence-electron chi connectivity index (χ0n) is 15.3. The first-order valence-electron chi connectivity index (χ1n) is 9.19. The van der Waals surface area contributed by atoms with Crippen molar-refractivity contribution < 1.29 is 9.84 Å². The molecule has 3 aromatic heterocycles. The van der Waals surface area contributed by atoms with Crippen molar-refractivity contribution in [2.24, 2.45) is 0 Å². The minimum Gasteiger partial charge on any atom is -0.471 e. The monoisotopic (exact) mass is 373 g/mol. The number of pyridine rings is 2. The highest BCUT2D eigenvalue weighted by Crippen LogP contribution is 2.32. The van der Waals surface area contributed by atoms with Crippen molar-refractivity contribution in [3.05, 3.63) is 65.0 Å². The van der Waals surface area contributed by atoms with Gasteiger partial charge in [0.1, 0.15) is 12.7 Å². The Morgan fingerprint density at radius 1 is 1.07 bits per heavy atom. The molecule has 0 saturated heterocycles. The molecule has 0 radical (unpaired) electrons. The van der Waals surface area contributed by atoms with Gasteiger partial charge in [0.2, 0.25) is 5.88 Å². The summed E-state index contributed by atoms with van der Waals surface area (Å²) in [6.45, 7) is 0.112. The molecule has 0 unspecified atom stereocenters. The molecule has 0 aliphatic heterocycles. The third kappa shape index (κ3) is 3.82. The largest absolute Gasteiger partial charge is 0.471 e. The fourth-order valence-corrected chi connectivity index (χ4v) is 3.32. The fourth-order valence-electron chi connectivity index (χ4n) is 3.32. The maximum Gasteiger partial charge on any atom is 0.214 e. The highest BCUT2D eigenvalue weighted by Gasteiger charge is 2.19. The van der Waals surface area contributed by atoms with Gasteiger partial charge in [0.25, 0.3) is 0 Å². The topological polar surface area (TPSA) is 105 Å². The summed E-state index contributed by atoms with van der Waals surface area (Å²) in [5, 5.41) is 18.3. The Bertz CT molecular complexity index is 1030. The summed E-state index contributed by atoms with van der Waals surface area (Å²) in [6.07, 6.45) is 8.86. The predicted molar refractivity (Wildman–Crippen MR) is 101 cm³/mol. The van der Waals surface area contributed by atoms with Crippen LogP contribution in [0.4, 0.5) is 0 Å². The normalized spacial score (nSPS) is 12.9. The Morgan fingerprint density at radius 3 is 2.75 bits per heavy atom. The Kier molecular flexibility index (Phi) is 5.22. The highest BCUT2D eigenvalue weighted by molar-refractivity contribution is 5.65. The number of ether oxygens (including phenoxy) is 1. The van der Waals surface area contributed by atoms with Crippen LogP contribution in [0.2, 0.25) is 0 Å². The minimum absolute atomic E-state index is 0.151. The summed E-state index contributed by atoms with van der Waals surface area (Å²) in [7, 11) is 0. The molecule has 7 heteroatoms. The molecule has 0 atom stereocenters. The molecular formula is C21H19N5O2. The van der Waals surface area contributed by atoms with Crippen LogP contribution in [0.3, 0.4) is 0 Å². The van der Waals surface area contributed by atoms with E-state index < -0.39 is 0 Å². The lowest BCUT2D eigenvalue weighted by Crippen LogP contribution is -2.10. The molecule has 0 aromatic carbocycles. The van der Waals surface area contributed by atoms with Crippen molar-refractivity contribution in [2.75, 3.05) is 0 Å². The maximum atomic E-state index is 9.38. The van der Waals surface area contributed by atoms with Gasteiger partial charge in [0.05, 0.1) is 41.6 Å². The molecule has 1 N–H and O–H groups in total. The number of aryl methyl sites for hydroxylation is 1. The average Bonchev–Trinajstić information content (AvgIpc) is 2.77. The molecule has 0 saturated carbocycles. The fraction of sp³-hybridized carbons (Fsp3) is 0.286. The third-order valence-corrected chi connectivity index (χ3v) is 4.72. The Balaban J connectivity index is 1.65. The molecule has 0 amide bonds. The second-order valence-corrected chi connectivity index (χ2v) is 6.63. The van der Waals surface area contributed by atoms with Crippen LogP contribution in [0.5, 0.6) is 5.88 Å². The van der Waals surface area contributed by atoms with Gasteiger partial charge in [-0.3, -0.25) is 9.97 Å². The van der Waals surface area contributed by atoms with E-state index in [1.54, 1.807) is 24.5 Å². The van der Waals surface area contributed by atoms with Gasteiger partial charge in [0, 0.05) is 23.5 Å². The van der Waals surface area contributed by atoms with Gasteiger partial charge in [0.15, 0.2) is 0 Å². The zero-order chi connectivity index (χ0) is 19.3. The average molecular weight is 373 g/mol. The van der Waals surface area contributed by atoms with E-state index in [0.29, 0.717) is 22.8 Å². The Morgan fingerprint density at radius 2 is 1.96 bits per heavy atom. The summed E-state index contributed by atoms with van der Waals surface area (Å²) in [6, 6.07) is 7.43. The van der Waals surface area contributed by atoms with Crippen LogP contribution in [0.1, 0.15) is 41.1 Å². The number of aromatic nitrogens is 4. The van der Waals surface area contributed by atoms with Crippen LogP contribution in [-0.4, -0.2) is 25.0 Å². The number of aliphatic hydroxyl groups excluding tert-OH is 1. The smallest absolute Gasteiger partial charge is 0.214 e. The Labute approximate surface area is 162 Å². The first kappa shape index (κ1) is 18.0. The molecule has 0 spiro atoms. The molecule has 0 fully saturated rings. The number of aliphatic hydroxyl groups is 1. The third-order valence-electron chi connectivity index (χ3n) is 4.72. The zero-order valence-corrected chi connectivity index (χ0v) is 15.3. The van der Waals surface area contributed by atoms with Crippen LogP contribution in [0, 0.1) is 11.3 Å². The van der Waals surface area contributed by atoms with Gasteiger partial charge in [-0.1, -0.05) is 0 Å². The van der Waals surface area contributed by atoms with Crippen LogP contribution in [-0.2, 0) is 26.1 Å². The van der Waals surface area contributed by atoms with E-state index in [1.807, 2.05) is 6.07 Å². The minimum atomic E-state index is -0.151.